The number of thiophene rings is 2. The first-order valence-electron chi connectivity index (χ1n) is 8.93. The molecule has 0 unspecified atom stereocenters. The van der Waals surface area contributed by atoms with E-state index in [0.29, 0.717) is 30.0 Å². The summed E-state index contributed by atoms with van der Waals surface area (Å²) in [4.78, 5) is 14.1. The van der Waals surface area contributed by atoms with Gasteiger partial charge < -0.3 is 5.32 Å². The lowest BCUT2D eigenvalue weighted by Gasteiger charge is -2.22. The molecule has 0 spiro atoms. The van der Waals surface area contributed by atoms with Gasteiger partial charge in [0.2, 0.25) is 5.91 Å². The van der Waals surface area contributed by atoms with Crippen molar-refractivity contribution in [3.8, 4) is 6.07 Å². The van der Waals surface area contributed by atoms with Gasteiger partial charge in [-0.25, -0.2) is 8.42 Å². The third kappa shape index (κ3) is 3.31. The van der Waals surface area contributed by atoms with E-state index in [4.69, 9.17) is 0 Å². The van der Waals surface area contributed by atoms with E-state index in [-0.39, 0.29) is 10.1 Å². The van der Waals surface area contributed by atoms with E-state index in [9.17, 15) is 18.5 Å². The summed E-state index contributed by atoms with van der Waals surface area (Å²) in [5.41, 5.74) is 1.60. The van der Waals surface area contributed by atoms with E-state index in [2.05, 4.69) is 11.4 Å². The summed E-state index contributed by atoms with van der Waals surface area (Å²) in [6, 6.07) is 4.75. The third-order valence-corrected chi connectivity index (χ3v) is 9.57. The van der Waals surface area contributed by atoms with Crippen LogP contribution in [0.2, 0.25) is 0 Å². The summed E-state index contributed by atoms with van der Waals surface area (Å²) in [6.07, 6.45) is 5.10. The van der Waals surface area contributed by atoms with Gasteiger partial charge in [0.15, 0.2) is 0 Å². The van der Waals surface area contributed by atoms with Crippen LogP contribution in [0.15, 0.2) is 21.7 Å². The van der Waals surface area contributed by atoms with Crippen molar-refractivity contribution in [1.82, 2.24) is 4.31 Å². The number of fused-ring (bicyclic) bond motifs is 1. The fourth-order valence-corrected chi connectivity index (χ4v) is 7.80. The highest BCUT2D eigenvalue weighted by Crippen LogP contribution is 2.38. The first-order valence-corrected chi connectivity index (χ1v) is 12.1. The predicted octanol–water partition coefficient (Wildman–Crippen LogP) is 3.35. The molecule has 1 N–H and O–H groups in total. The molecule has 0 saturated carbocycles. The first-order chi connectivity index (χ1) is 13.0. The van der Waals surface area contributed by atoms with Crippen LogP contribution in [0.4, 0.5) is 5.00 Å². The largest absolute Gasteiger partial charge is 0.315 e. The minimum absolute atomic E-state index is 0.256. The van der Waals surface area contributed by atoms with E-state index in [1.165, 1.54) is 20.5 Å². The highest BCUT2D eigenvalue weighted by Gasteiger charge is 2.40. The van der Waals surface area contributed by atoms with Crippen LogP contribution < -0.4 is 5.32 Å². The number of hydrogen-bond donors (Lipinski definition) is 1. The maximum atomic E-state index is 12.9. The lowest BCUT2D eigenvalue weighted by atomic mass is 9.96. The molecular formula is C18H19N3O3S3. The van der Waals surface area contributed by atoms with Gasteiger partial charge in [-0.2, -0.15) is 9.57 Å². The molecule has 4 rings (SSSR count). The number of sulfonamides is 1. The fourth-order valence-electron chi connectivity index (χ4n) is 3.78. The van der Waals surface area contributed by atoms with Gasteiger partial charge in [-0.15, -0.1) is 22.7 Å². The number of hydrogen-bond acceptors (Lipinski definition) is 6. The van der Waals surface area contributed by atoms with E-state index < -0.39 is 16.1 Å². The van der Waals surface area contributed by atoms with E-state index in [1.54, 1.807) is 17.5 Å². The highest BCUT2D eigenvalue weighted by atomic mass is 32.2. The number of carbonyl (C=O) groups excluding carboxylic acids is 1. The van der Waals surface area contributed by atoms with Gasteiger partial charge in [0.05, 0.1) is 5.56 Å². The Bertz CT molecular complexity index is 1000. The number of nitrogens with one attached hydrogen (secondary N) is 1. The van der Waals surface area contributed by atoms with Gasteiger partial charge in [0, 0.05) is 11.4 Å². The van der Waals surface area contributed by atoms with Gasteiger partial charge >= 0.3 is 0 Å². The van der Waals surface area contributed by atoms with Crippen molar-refractivity contribution in [2.45, 2.75) is 48.8 Å². The molecule has 0 aromatic carbocycles. The van der Waals surface area contributed by atoms with Crippen molar-refractivity contribution in [1.29, 1.82) is 5.26 Å². The highest BCUT2D eigenvalue weighted by molar-refractivity contribution is 7.91. The zero-order valence-electron chi connectivity index (χ0n) is 14.6. The molecule has 1 saturated heterocycles. The maximum Gasteiger partial charge on any atom is 0.253 e. The van der Waals surface area contributed by atoms with E-state index in [0.717, 1.165) is 42.6 Å². The molecule has 2 aromatic rings. The van der Waals surface area contributed by atoms with Crippen molar-refractivity contribution in [2.75, 3.05) is 11.9 Å². The van der Waals surface area contributed by atoms with Gasteiger partial charge in [-0.3, -0.25) is 4.79 Å². The van der Waals surface area contributed by atoms with Crippen LogP contribution in [0.3, 0.4) is 0 Å². The Balaban J connectivity index is 1.58. The van der Waals surface area contributed by atoms with Crippen molar-refractivity contribution >= 4 is 43.6 Å². The summed E-state index contributed by atoms with van der Waals surface area (Å²) < 4.78 is 27.3. The van der Waals surface area contributed by atoms with Crippen LogP contribution in [-0.2, 0) is 27.7 Å². The van der Waals surface area contributed by atoms with Gasteiger partial charge in [0.25, 0.3) is 10.0 Å². The molecule has 1 fully saturated rings. The van der Waals surface area contributed by atoms with Crippen LogP contribution in [0.5, 0.6) is 0 Å². The number of aryl methyl sites for hydroxylation is 1. The molecule has 9 heteroatoms. The lowest BCUT2D eigenvalue weighted by Crippen LogP contribution is -2.42. The average molecular weight is 422 g/mol. The third-order valence-electron chi connectivity index (χ3n) is 5.08. The molecule has 2 aromatic heterocycles. The molecular weight excluding hydrogens is 402 g/mol. The van der Waals surface area contributed by atoms with Crippen molar-refractivity contribution in [2.24, 2.45) is 0 Å². The summed E-state index contributed by atoms with van der Waals surface area (Å²) in [5, 5.41) is 14.7. The second-order valence-corrected chi connectivity index (χ2v) is 10.9. The normalized spacial score (nSPS) is 20.2. The van der Waals surface area contributed by atoms with E-state index in [1.807, 2.05) is 0 Å². The molecule has 6 nitrogen and oxygen atoms in total. The minimum atomic E-state index is -3.67. The topological polar surface area (TPSA) is 90.3 Å². The zero-order valence-corrected chi connectivity index (χ0v) is 17.1. The molecule has 1 aliphatic heterocycles. The van der Waals surface area contributed by atoms with Crippen LogP contribution in [0.25, 0.3) is 0 Å². The SMILES string of the molecule is N#Cc1c(NC(=O)[C@H]2CCCN2S(=O)(=O)c2cccs2)sc2c1CCCC2. The summed E-state index contributed by atoms with van der Waals surface area (Å²) >= 11 is 2.62. The summed E-state index contributed by atoms with van der Waals surface area (Å²) in [7, 11) is -3.67. The van der Waals surface area contributed by atoms with Crippen molar-refractivity contribution in [3.63, 3.8) is 0 Å². The minimum Gasteiger partial charge on any atom is -0.315 e. The molecule has 1 atom stereocenters. The number of amides is 1. The zero-order chi connectivity index (χ0) is 19.0. The van der Waals surface area contributed by atoms with Crippen molar-refractivity contribution < 1.29 is 13.2 Å². The van der Waals surface area contributed by atoms with Crippen LogP contribution in [0, 0.1) is 11.3 Å². The molecule has 27 heavy (non-hydrogen) atoms. The Morgan fingerprint density at radius 3 is 2.85 bits per heavy atom. The number of nitriles is 1. The van der Waals surface area contributed by atoms with Crippen LogP contribution in [0.1, 0.15) is 41.7 Å². The van der Waals surface area contributed by atoms with Crippen LogP contribution in [-0.4, -0.2) is 31.2 Å². The lowest BCUT2D eigenvalue weighted by molar-refractivity contribution is -0.119. The molecule has 2 aliphatic rings. The quantitative estimate of drug-likeness (QED) is 0.820. The predicted molar refractivity (Wildman–Crippen MR) is 106 cm³/mol. The second kappa shape index (κ2) is 7.36. The molecule has 142 valence electrons. The Hall–Kier alpha value is -1.73. The standard InChI is InChI=1S/C18H19N3O3S3/c19-11-13-12-5-1-2-7-15(12)26-18(13)20-17(22)14-6-3-9-21(14)27(23,24)16-8-4-10-25-16/h4,8,10,14H,1-3,5-7,9H2,(H,20,22)/t14-/m1/s1. The van der Waals surface area contributed by atoms with Gasteiger partial charge in [-0.05, 0) is 55.5 Å². The van der Waals surface area contributed by atoms with E-state index >= 15 is 0 Å². The number of carbonyl (C=O) groups is 1. The Labute approximate surface area is 166 Å². The van der Waals surface area contributed by atoms with Gasteiger partial charge in [-0.1, -0.05) is 6.07 Å². The molecule has 0 bridgehead atoms. The molecule has 0 radical (unpaired) electrons. The number of rotatable bonds is 4. The fraction of sp³-hybridized carbons (Fsp3) is 0.444. The Morgan fingerprint density at radius 2 is 2.11 bits per heavy atom. The second-order valence-electron chi connectivity index (χ2n) is 6.72. The van der Waals surface area contributed by atoms with Crippen molar-refractivity contribution in [3.05, 3.63) is 33.5 Å². The molecule has 1 amide bonds. The molecule has 3 heterocycles. The summed E-state index contributed by atoms with van der Waals surface area (Å²) in [5.74, 6) is -0.345. The smallest absolute Gasteiger partial charge is 0.253 e. The van der Waals surface area contributed by atoms with Gasteiger partial charge in [0.1, 0.15) is 21.3 Å². The first kappa shape index (κ1) is 18.6. The average Bonchev–Trinajstić information content (AvgIpc) is 3.40. The number of anilines is 1. The van der Waals surface area contributed by atoms with Crippen LogP contribution >= 0.6 is 22.7 Å². The summed E-state index contributed by atoms with van der Waals surface area (Å²) in [6.45, 7) is 0.338. The monoisotopic (exact) mass is 421 g/mol. The Morgan fingerprint density at radius 1 is 1.30 bits per heavy atom. The molecule has 1 aliphatic carbocycles. The number of nitrogens with zero attached hydrogens (tertiary/aromatic N) is 2. The Kier molecular flexibility index (Phi) is 5.07. The maximum absolute atomic E-state index is 12.9.